The van der Waals surface area contributed by atoms with E-state index in [1.165, 1.54) is 0 Å². The number of amides is 1. The van der Waals surface area contributed by atoms with Crippen LogP contribution in [0.15, 0.2) is 23.0 Å². The van der Waals surface area contributed by atoms with E-state index in [0.717, 1.165) is 5.39 Å². The predicted molar refractivity (Wildman–Crippen MR) is 107 cm³/mol. The molecule has 0 saturated carbocycles. The molecule has 1 aromatic heterocycles. The number of nitrogens with one attached hydrogen (secondary N) is 2. The van der Waals surface area contributed by atoms with Gasteiger partial charge in [-0.1, -0.05) is 0 Å². The van der Waals surface area contributed by atoms with Gasteiger partial charge in [0.05, 0.1) is 19.7 Å². The Labute approximate surface area is 159 Å². The fourth-order valence-electron chi connectivity index (χ4n) is 2.57. The van der Waals surface area contributed by atoms with E-state index in [1.54, 1.807) is 26.4 Å². The highest BCUT2D eigenvalue weighted by molar-refractivity contribution is 5.83. The fraction of sp³-hybridized carbons (Fsp3) is 0.500. The lowest BCUT2D eigenvalue weighted by Crippen LogP contribution is -2.48. The summed E-state index contributed by atoms with van der Waals surface area (Å²) < 4.78 is 10.6. The standard InChI is InChI=1S/C20H29N3O4/c1-20(2,23(3)4)12-21-18(24)8-7-13-9-14-10-16(26-5)17(27-6)11-15(14)22-19(13)25/h9-11H,7-8,12H2,1-6H3,(H,21,24)(H,22,25). The Hall–Kier alpha value is -2.54. The molecule has 0 bridgehead atoms. The zero-order valence-electron chi connectivity index (χ0n) is 16.9. The van der Waals surface area contributed by atoms with Gasteiger partial charge in [-0.15, -0.1) is 0 Å². The molecule has 2 aromatic rings. The summed E-state index contributed by atoms with van der Waals surface area (Å²) in [6.45, 7) is 4.66. The SMILES string of the molecule is COc1cc2cc(CCC(=O)NCC(C)(C)N(C)C)c(=O)[nH]c2cc1OC. The first-order valence-corrected chi connectivity index (χ1v) is 8.90. The number of benzene rings is 1. The summed E-state index contributed by atoms with van der Waals surface area (Å²) in [5.41, 5.74) is 0.901. The Morgan fingerprint density at radius 2 is 1.78 bits per heavy atom. The Kier molecular flexibility index (Phi) is 6.49. The smallest absolute Gasteiger partial charge is 0.251 e. The predicted octanol–water partition coefficient (Wildman–Crippen LogP) is 1.93. The number of H-pyrrole nitrogens is 1. The lowest BCUT2D eigenvalue weighted by Gasteiger charge is -2.32. The molecular formula is C20H29N3O4. The molecule has 7 nitrogen and oxygen atoms in total. The van der Waals surface area contributed by atoms with Crippen LogP contribution in [0.1, 0.15) is 25.8 Å². The van der Waals surface area contributed by atoms with Crippen LogP contribution in [0.25, 0.3) is 10.9 Å². The third-order valence-corrected chi connectivity index (χ3v) is 4.98. The number of rotatable bonds is 8. The maximum absolute atomic E-state index is 12.3. The van der Waals surface area contributed by atoms with E-state index in [9.17, 15) is 9.59 Å². The van der Waals surface area contributed by atoms with Crippen LogP contribution in [-0.4, -0.2) is 56.2 Å². The molecule has 0 fully saturated rings. The lowest BCUT2D eigenvalue weighted by molar-refractivity contribution is -0.121. The molecule has 0 spiro atoms. The van der Waals surface area contributed by atoms with Crippen molar-refractivity contribution in [3.05, 3.63) is 34.1 Å². The van der Waals surface area contributed by atoms with Crippen molar-refractivity contribution in [3.8, 4) is 11.5 Å². The van der Waals surface area contributed by atoms with Gasteiger partial charge in [0, 0.05) is 35.5 Å². The minimum absolute atomic E-state index is 0.0725. The molecular weight excluding hydrogens is 346 g/mol. The van der Waals surface area contributed by atoms with Crippen LogP contribution in [0.2, 0.25) is 0 Å². The number of carbonyl (C=O) groups excluding carboxylic acids is 1. The second-order valence-electron chi connectivity index (χ2n) is 7.40. The average Bonchev–Trinajstić information content (AvgIpc) is 2.63. The van der Waals surface area contributed by atoms with Crippen LogP contribution < -0.4 is 20.3 Å². The van der Waals surface area contributed by atoms with Gasteiger partial charge in [-0.3, -0.25) is 9.59 Å². The molecule has 0 saturated heterocycles. The second kappa shape index (κ2) is 8.43. The first-order chi connectivity index (χ1) is 12.7. The number of aromatic nitrogens is 1. The Balaban J connectivity index is 2.11. The van der Waals surface area contributed by atoms with Crippen LogP contribution >= 0.6 is 0 Å². The van der Waals surface area contributed by atoms with Crippen molar-refractivity contribution < 1.29 is 14.3 Å². The Morgan fingerprint density at radius 3 is 2.37 bits per heavy atom. The monoisotopic (exact) mass is 375 g/mol. The molecule has 0 radical (unpaired) electrons. The molecule has 0 aliphatic heterocycles. The van der Waals surface area contributed by atoms with E-state index in [1.807, 2.05) is 20.2 Å². The largest absolute Gasteiger partial charge is 0.493 e. The van der Waals surface area contributed by atoms with Gasteiger partial charge in [0.1, 0.15) is 0 Å². The van der Waals surface area contributed by atoms with Crippen molar-refractivity contribution in [1.29, 1.82) is 0 Å². The van der Waals surface area contributed by atoms with Crippen molar-refractivity contribution in [2.24, 2.45) is 0 Å². The number of pyridine rings is 1. The topological polar surface area (TPSA) is 83.7 Å². The quantitative estimate of drug-likeness (QED) is 0.737. The molecule has 2 rings (SSSR count). The summed E-state index contributed by atoms with van der Waals surface area (Å²) in [6.07, 6.45) is 0.624. The maximum atomic E-state index is 12.3. The van der Waals surface area contributed by atoms with E-state index < -0.39 is 0 Å². The van der Waals surface area contributed by atoms with Gasteiger partial charge >= 0.3 is 0 Å². The third-order valence-electron chi connectivity index (χ3n) is 4.98. The third kappa shape index (κ3) is 5.01. The van der Waals surface area contributed by atoms with E-state index in [-0.39, 0.29) is 23.4 Å². The maximum Gasteiger partial charge on any atom is 0.251 e. The number of likely N-dealkylation sites (N-methyl/N-ethyl adjacent to an activating group) is 1. The van der Waals surface area contributed by atoms with Crippen molar-refractivity contribution in [3.63, 3.8) is 0 Å². The van der Waals surface area contributed by atoms with Crippen LogP contribution in [-0.2, 0) is 11.2 Å². The number of ether oxygens (including phenoxy) is 2. The number of fused-ring (bicyclic) bond motifs is 1. The number of hydrogen-bond acceptors (Lipinski definition) is 5. The minimum Gasteiger partial charge on any atom is -0.493 e. The molecule has 1 aromatic carbocycles. The van der Waals surface area contributed by atoms with Crippen molar-refractivity contribution in [2.45, 2.75) is 32.2 Å². The lowest BCUT2D eigenvalue weighted by atomic mass is 10.0. The van der Waals surface area contributed by atoms with Crippen molar-refractivity contribution >= 4 is 16.8 Å². The first kappa shape index (κ1) is 20.8. The summed E-state index contributed by atoms with van der Waals surface area (Å²) in [5, 5.41) is 3.77. The van der Waals surface area contributed by atoms with E-state index >= 15 is 0 Å². The van der Waals surface area contributed by atoms with Gasteiger partial charge in [-0.05, 0) is 46.5 Å². The van der Waals surface area contributed by atoms with Gasteiger partial charge in [-0.2, -0.15) is 0 Å². The van der Waals surface area contributed by atoms with E-state index in [4.69, 9.17) is 9.47 Å². The van der Waals surface area contributed by atoms with Crippen LogP contribution in [0, 0.1) is 0 Å². The summed E-state index contributed by atoms with van der Waals surface area (Å²) >= 11 is 0. The highest BCUT2D eigenvalue weighted by atomic mass is 16.5. The minimum atomic E-state index is -0.198. The molecule has 7 heteroatoms. The molecule has 148 valence electrons. The molecule has 1 amide bonds. The Bertz CT molecular complexity index is 871. The summed E-state index contributed by atoms with van der Waals surface area (Å²) in [6, 6.07) is 5.34. The molecule has 0 unspecified atom stereocenters. The summed E-state index contributed by atoms with van der Waals surface area (Å²) in [4.78, 5) is 29.4. The van der Waals surface area contributed by atoms with Crippen LogP contribution in [0.5, 0.6) is 11.5 Å². The van der Waals surface area contributed by atoms with Gasteiger partial charge < -0.3 is 24.7 Å². The second-order valence-corrected chi connectivity index (χ2v) is 7.40. The van der Waals surface area contributed by atoms with Crippen LogP contribution in [0.4, 0.5) is 0 Å². The van der Waals surface area contributed by atoms with Crippen LogP contribution in [0.3, 0.4) is 0 Å². The summed E-state index contributed by atoms with van der Waals surface area (Å²) in [7, 11) is 7.07. The average molecular weight is 375 g/mol. The van der Waals surface area contributed by atoms with Crippen molar-refractivity contribution in [1.82, 2.24) is 15.2 Å². The normalized spacial score (nSPS) is 11.7. The molecule has 27 heavy (non-hydrogen) atoms. The zero-order valence-corrected chi connectivity index (χ0v) is 16.9. The molecule has 0 aliphatic carbocycles. The number of aromatic amines is 1. The molecule has 0 atom stereocenters. The van der Waals surface area contributed by atoms with Gasteiger partial charge in [0.15, 0.2) is 11.5 Å². The number of methoxy groups -OCH3 is 2. The number of hydrogen-bond donors (Lipinski definition) is 2. The van der Waals surface area contributed by atoms with E-state index in [2.05, 4.69) is 29.0 Å². The van der Waals surface area contributed by atoms with Gasteiger partial charge in [0.2, 0.25) is 5.91 Å². The highest BCUT2D eigenvalue weighted by Crippen LogP contribution is 2.31. The molecule has 0 aliphatic rings. The number of nitrogens with zero attached hydrogens (tertiary/aromatic N) is 1. The van der Waals surface area contributed by atoms with Gasteiger partial charge in [-0.25, -0.2) is 0 Å². The molecule has 1 heterocycles. The fourth-order valence-corrected chi connectivity index (χ4v) is 2.57. The summed E-state index contributed by atoms with van der Waals surface area (Å²) in [5.74, 6) is 1.07. The van der Waals surface area contributed by atoms with Gasteiger partial charge in [0.25, 0.3) is 5.56 Å². The van der Waals surface area contributed by atoms with E-state index in [0.29, 0.717) is 35.5 Å². The molecule has 2 N–H and O–H groups in total. The first-order valence-electron chi connectivity index (χ1n) is 8.90. The highest BCUT2D eigenvalue weighted by Gasteiger charge is 2.21. The van der Waals surface area contributed by atoms with Crippen molar-refractivity contribution in [2.75, 3.05) is 34.9 Å². The number of carbonyl (C=O) groups is 1. The Morgan fingerprint density at radius 1 is 1.15 bits per heavy atom. The zero-order chi connectivity index (χ0) is 20.2. The number of aryl methyl sites for hydroxylation is 1.